The van der Waals surface area contributed by atoms with Crippen molar-refractivity contribution < 1.29 is 4.79 Å². The topological polar surface area (TPSA) is 68.0 Å². The molecule has 0 saturated carbocycles. The molecule has 1 aromatic carbocycles. The van der Waals surface area contributed by atoms with Crippen molar-refractivity contribution in [3.05, 3.63) is 41.0 Å². The molecule has 3 N–H and O–H groups in total. The fourth-order valence-corrected chi connectivity index (χ4v) is 1.55. The van der Waals surface area contributed by atoms with Crippen LogP contribution in [0.3, 0.4) is 0 Å². The van der Waals surface area contributed by atoms with Gasteiger partial charge in [0.15, 0.2) is 0 Å². The molecule has 0 spiro atoms. The van der Waals surface area contributed by atoms with Crippen molar-refractivity contribution in [2.24, 2.45) is 5.84 Å². The Labute approximate surface area is 91.0 Å². The maximum absolute atomic E-state index is 11.2. The number of carbonyl (C=O) groups is 1. The number of pyridine rings is 1. The standard InChI is InChI=1S/C10H8ClN3O/c11-8-3-4-13-9-5-6(10(15)14-12)1-2-7(8)9/h1-5H,12H2,(H,14,15). The summed E-state index contributed by atoms with van der Waals surface area (Å²) in [6, 6.07) is 6.74. The van der Waals surface area contributed by atoms with Crippen LogP contribution in [0.1, 0.15) is 10.4 Å². The lowest BCUT2D eigenvalue weighted by molar-refractivity contribution is 0.0954. The summed E-state index contributed by atoms with van der Waals surface area (Å²) >= 11 is 5.96. The molecule has 4 nitrogen and oxygen atoms in total. The second-order valence-electron chi connectivity index (χ2n) is 3.00. The number of nitrogens with zero attached hydrogens (tertiary/aromatic N) is 1. The van der Waals surface area contributed by atoms with Gasteiger partial charge in [0.2, 0.25) is 0 Å². The minimum absolute atomic E-state index is 0.348. The Balaban J connectivity index is 2.62. The zero-order valence-corrected chi connectivity index (χ0v) is 8.45. The van der Waals surface area contributed by atoms with E-state index in [1.807, 2.05) is 0 Å². The minimum atomic E-state index is -0.348. The lowest BCUT2D eigenvalue weighted by Crippen LogP contribution is -2.29. The van der Waals surface area contributed by atoms with Gasteiger partial charge >= 0.3 is 0 Å². The quantitative estimate of drug-likeness (QED) is 0.436. The Bertz CT molecular complexity index is 527. The number of nitrogens with two attached hydrogens (primary N) is 1. The van der Waals surface area contributed by atoms with E-state index in [1.54, 1.807) is 30.5 Å². The minimum Gasteiger partial charge on any atom is -0.290 e. The summed E-state index contributed by atoms with van der Waals surface area (Å²) in [4.78, 5) is 15.4. The zero-order valence-electron chi connectivity index (χ0n) is 7.70. The molecular weight excluding hydrogens is 214 g/mol. The Morgan fingerprint density at radius 1 is 1.40 bits per heavy atom. The molecule has 0 bridgehead atoms. The first-order chi connectivity index (χ1) is 7.22. The molecule has 0 saturated heterocycles. The van der Waals surface area contributed by atoms with E-state index in [4.69, 9.17) is 17.4 Å². The highest BCUT2D eigenvalue weighted by Gasteiger charge is 2.06. The predicted molar refractivity (Wildman–Crippen MR) is 58.4 cm³/mol. The molecule has 5 heteroatoms. The number of aromatic nitrogens is 1. The molecule has 1 heterocycles. The van der Waals surface area contributed by atoms with Gasteiger partial charge in [-0.15, -0.1) is 0 Å². The number of amides is 1. The van der Waals surface area contributed by atoms with E-state index in [0.29, 0.717) is 16.1 Å². The van der Waals surface area contributed by atoms with Crippen molar-refractivity contribution in [2.45, 2.75) is 0 Å². The highest BCUT2D eigenvalue weighted by molar-refractivity contribution is 6.35. The third-order valence-electron chi connectivity index (χ3n) is 2.08. The molecule has 0 atom stereocenters. The maximum atomic E-state index is 11.2. The average Bonchev–Trinajstić information content (AvgIpc) is 2.28. The van der Waals surface area contributed by atoms with E-state index in [9.17, 15) is 4.79 Å². The summed E-state index contributed by atoms with van der Waals surface area (Å²) in [5, 5.41) is 1.42. The number of nitrogens with one attached hydrogen (secondary N) is 1. The number of halogens is 1. The molecule has 15 heavy (non-hydrogen) atoms. The number of hydrogen-bond donors (Lipinski definition) is 2. The summed E-state index contributed by atoms with van der Waals surface area (Å²) in [5.41, 5.74) is 3.19. The van der Waals surface area contributed by atoms with E-state index in [2.05, 4.69) is 10.4 Å². The molecule has 0 fully saturated rings. The summed E-state index contributed by atoms with van der Waals surface area (Å²) in [5.74, 6) is 4.68. The molecule has 0 aliphatic carbocycles. The van der Waals surface area contributed by atoms with Crippen LogP contribution >= 0.6 is 11.6 Å². The third kappa shape index (κ3) is 1.77. The average molecular weight is 222 g/mol. The van der Waals surface area contributed by atoms with Crippen molar-refractivity contribution in [1.82, 2.24) is 10.4 Å². The summed E-state index contributed by atoms with van der Waals surface area (Å²) in [6.07, 6.45) is 1.59. The normalized spacial score (nSPS) is 10.3. The predicted octanol–water partition coefficient (Wildman–Crippen LogP) is 1.49. The van der Waals surface area contributed by atoms with Crippen molar-refractivity contribution in [1.29, 1.82) is 0 Å². The van der Waals surface area contributed by atoms with Crippen molar-refractivity contribution >= 4 is 28.4 Å². The van der Waals surface area contributed by atoms with E-state index < -0.39 is 0 Å². The van der Waals surface area contributed by atoms with E-state index >= 15 is 0 Å². The highest BCUT2D eigenvalue weighted by Crippen LogP contribution is 2.21. The van der Waals surface area contributed by atoms with Crippen LogP contribution in [0.4, 0.5) is 0 Å². The van der Waals surface area contributed by atoms with E-state index in [1.165, 1.54) is 0 Å². The van der Waals surface area contributed by atoms with Gasteiger partial charge in [-0.3, -0.25) is 15.2 Å². The lowest BCUT2D eigenvalue weighted by atomic mass is 10.1. The number of benzene rings is 1. The van der Waals surface area contributed by atoms with E-state index in [0.717, 1.165) is 5.39 Å². The molecule has 76 valence electrons. The van der Waals surface area contributed by atoms with Gasteiger partial charge in [-0.25, -0.2) is 5.84 Å². The number of carbonyl (C=O) groups excluding carboxylic acids is 1. The maximum Gasteiger partial charge on any atom is 0.265 e. The van der Waals surface area contributed by atoms with Gasteiger partial charge in [0.05, 0.1) is 10.5 Å². The van der Waals surface area contributed by atoms with Crippen LogP contribution in [0.5, 0.6) is 0 Å². The molecule has 0 radical (unpaired) electrons. The van der Waals surface area contributed by atoms with Gasteiger partial charge in [0.1, 0.15) is 0 Å². The molecule has 1 aromatic heterocycles. The molecule has 2 aromatic rings. The van der Waals surface area contributed by atoms with Crippen LogP contribution in [0.25, 0.3) is 10.9 Å². The van der Waals surface area contributed by atoms with Crippen molar-refractivity contribution in [2.75, 3.05) is 0 Å². The number of hydrazine groups is 1. The van der Waals surface area contributed by atoms with Gasteiger partial charge in [-0.05, 0) is 18.2 Å². The van der Waals surface area contributed by atoms with Gasteiger partial charge in [0.25, 0.3) is 5.91 Å². The largest absolute Gasteiger partial charge is 0.290 e. The Hall–Kier alpha value is -1.65. The fraction of sp³-hybridized carbons (Fsp3) is 0. The van der Waals surface area contributed by atoms with Gasteiger partial charge in [-0.1, -0.05) is 17.7 Å². The molecular formula is C10H8ClN3O. The van der Waals surface area contributed by atoms with Gasteiger partial charge < -0.3 is 0 Å². The second kappa shape index (κ2) is 3.84. The Morgan fingerprint density at radius 2 is 2.20 bits per heavy atom. The van der Waals surface area contributed by atoms with Crippen LogP contribution < -0.4 is 11.3 Å². The van der Waals surface area contributed by atoms with Gasteiger partial charge in [-0.2, -0.15) is 0 Å². The van der Waals surface area contributed by atoms with Crippen molar-refractivity contribution in [3.8, 4) is 0 Å². The number of fused-ring (bicyclic) bond motifs is 1. The van der Waals surface area contributed by atoms with Crippen molar-refractivity contribution in [3.63, 3.8) is 0 Å². The molecule has 1 amide bonds. The third-order valence-corrected chi connectivity index (χ3v) is 2.41. The Morgan fingerprint density at radius 3 is 2.93 bits per heavy atom. The first-order valence-electron chi connectivity index (χ1n) is 4.27. The first kappa shape index (κ1) is 9.89. The zero-order chi connectivity index (χ0) is 10.8. The van der Waals surface area contributed by atoms with Gasteiger partial charge in [0, 0.05) is 17.1 Å². The second-order valence-corrected chi connectivity index (χ2v) is 3.41. The molecule has 0 aliphatic rings. The number of rotatable bonds is 1. The lowest BCUT2D eigenvalue weighted by Gasteiger charge is -2.02. The van der Waals surface area contributed by atoms with Crippen LogP contribution in [0.15, 0.2) is 30.5 Å². The van der Waals surface area contributed by atoms with Crippen LogP contribution in [-0.2, 0) is 0 Å². The summed E-state index contributed by atoms with van der Waals surface area (Å²) < 4.78 is 0. The molecule has 0 aliphatic heterocycles. The SMILES string of the molecule is NNC(=O)c1ccc2c(Cl)ccnc2c1. The van der Waals surface area contributed by atoms with E-state index in [-0.39, 0.29) is 5.91 Å². The smallest absolute Gasteiger partial charge is 0.265 e. The monoisotopic (exact) mass is 221 g/mol. The number of nitrogen functional groups attached to an aromatic ring is 1. The molecule has 2 rings (SSSR count). The summed E-state index contributed by atoms with van der Waals surface area (Å²) in [6.45, 7) is 0. The fourth-order valence-electron chi connectivity index (χ4n) is 1.34. The first-order valence-corrected chi connectivity index (χ1v) is 4.65. The Kier molecular flexibility index (Phi) is 2.53. The number of hydrogen-bond acceptors (Lipinski definition) is 3. The van der Waals surface area contributed by atoms with Crippen LogP contribution in [0, 0.1) is 0 Å². The highest BCUT2D eigenvalue weighted by atomic mass is 35.5. The molecule has 0 unspecified atom stereocenters. The van der Waals surface area contributed by atoms with Crippen LogP contribution in [0.2, 0.25) is 5.02 Å². The summed E-state index contributed by atoms with van der Waals surface area (Å²) in [7, 11) is 0. The van der Waals surface area contributed by atoms with Crippen LogP contribution in [-0.4, -0.2) is 10.9 Å².